The Kier molecular flexibility index (Phi) is 5.56. The fourth-order valence-corrected chi connectivity index (χ4v) is 3.98. The number of methoxy groups -OCH3 is 2. The van der Waals surface area contributed by atoms with E-state index >= 15 is 0 Å². The van der Waals surface area contributed by atoms with Crippen molar-refractivity contribution in [2.45, 2.75) is 33.4 Å². The molecule has 0 aliphatic carbocycles. The zero-order chi connectivity index (χ0) is 20.4. The lowest BCUT2D eigenvalue weighted by molar-refractivity contribution is 0.0986. The van der Waals surface area contributed by atoms with Crippen molar-refractivity contribution in [3.63, 3.8) is 0 Å². The molecule has 3 aromatic rings. The molecule has 0 unspecified atom stereocenters. The molecule has 0 aliphatic heterocycles. The second kappa shape index (κ2) is 7.90. The first kappa shape index (κ1) is 19.7. The van der Waals surface area contributed by atoms with Gasteiger partial charge in [0, 0.05) is 18.2 Å². The van der Waals surface area contributed by atoms with E-state index in [1.165, 1.54) is 11.3 Å². The molecule has 0 spiro atoms. The summed E-state index contributed by atoms with van der Waals surface area (Å²) >= 11 is 1.37. The minimum Gasteiger partial charge on any atom is -0.493 e. The van der Waals surface area contributed by atoms with Crippen LogP contribution in [0.3, 0.4) is 0 Å². The minimum atomic E-state index is -0.356. The number of aromatic nitrogens is 3. The maximum Gasteiger partial charge on any atom is 0.297 e. The molecule has 0 saturated heterocycles. The molecule has 2 aromatic heterocycles. The monoisotopic (exact) mass is 398 g/mol. The SMILES string of the molecule is C#CCn1c(=NC(=O)c2cc(C)nn2C(C)C)sc2cc(OC)c(OC)cc21. The van der Waals surface area contributed by atoms with Crippen LogP contribution in [0.25, 0.3) is 10.2 Å². The number of benzene rings is 1. The van der Waals surface area contributed by atoms with E-state index < -0.39 is 0 Å². The fourth-order valence-electron chi connectivity index (χ4n) is 2.94. The van der Waals surface area contributed by atoms with E-state index in [-0.39, 0.29) is 18.5 Å². The van der Waals surface area contributed by atoms with Crippen molar-refractivity contribution in [2.24, 2.45) is 4.99 Å². The summed E-state index contributed by atoms with van der Waals surface area (Å²) in [4.78, 5) is 17.8. The van der Waals surface area contributed by atoms with Gasteiger partial charge < -0.3 is 14.0 Å². The Balaban J connectivity index is 2.20. The Morgan fingerprint density at radius 1 is 1.29 bits per heavy atom. The molecule has 0 fully saturated rings. The van der Waals surface area contributed by atoms with Gasteiger partial charge in [-0.2, -0.15) is 10.1 Å². The maximum absolute atomic E-state index is 12.9. The van der Waals surface area contributed by atoms with E-state index in [2.05, 4.69) is 16.0 Å². The predicted octanol–water partition coefficient (Wildman–Crippen LogP) is 3.18. The maximum atomic E-state index is 12.9. The fraction of sp³-hybridized carbons (Fsp3) is 0.350. The second-order valence-corrected chi connectivity index (χ2v) is 7.49. The molecule has 0 radical (unpaired) electrons. The molecule has 0 saturated carbocycles. The highest BCUT2D eigenvalue weighted by Crippen LogP contribution is 2.33. The molecule has 0 N–H and O–H groups in total. The van der Waals surface area contributed by atoms with E-state index in [0.29, 0.717) is 22.0 Å². The van der Waals surface area contributed by atoms with Crippen LogP contribution in [0, 0.1) is 19.3 Å². The van der Waals surface area contributed by atoms with Crippen molar-refractivity contribution in [2.75, 3.05) is 14.2 Å². The zero-order valence-corrected chi connectivity index (χ0v) is 17.3. The number of thiazole rings is 1. The summed E-state index contributed by atoms with van der Waals surface area (Å²) in [6.45, 7) is 6.08. The summed E-state index contributed by atoms with van der Waals surface area (Å²) in [6, 6.07) is 5.50. The summed E-state index contributed by atoms with van der Waals surface area (Å²) in [5, 5.41) is 4.39. The van der Waals surface area contributed by atoms with Crippen LogP contribution in [0.15, 0.2) is 23.2 Å². The van der Waals surface area contributed by atoms with Crippen LogP contribution in [-0.4, -0.2) is 34.5 Å². The summed E-state index contributed by atoms with van der Waals surface area (Å²) in [6.07, 6.45) is 5.55. The van der Waals surface area contributed by atoms with Crippen molar-refractivity contribution in [1.82, 2.24) is 14.3 Å². The number of hydrogen-bond acceptors (Lipinski definition) is 5. The molecule has 28 heavy (non-hydrogen) atoms. The number of aryl methyl sites for hydroxylation is 1. The molecule has 0 atom stereocenters. The second-order valence-electron chi connectivity index (χ2n) is 6.48. The summed E-state index contributed by atoms with van der Waals surface area (Å²) < 4.78 is 15.2. The lowest BCUT2D eigenvalue weighted by Gasteiger charge is -2.08. The molecule has 2 heterocycles. The number of amides is 1. The van der Waals surface area contributed by atoms with Crippen LogP contribution in [0.1, 0.15) is 36.1 Å². The minimum absolute atomic E-state index is 0.0524. The van der Waals surface area contributed by atoms with Gasteiger partial charge in [0.25, 0.3) is 5.91 Å². The Morgan fingerprint density at radius 2 is 1.96 bits per heavy atom. The van der Waals surface area contributed by atoms with Crippen molar-refractivity contribution in [3.05, 3.63) is 34.4 Å². The Hall–Kier alpha value is -3.05. The first-order valence-corrected chi connectivity index (χ1v) is 9.55. The Labute approximate surface area is 167 Å². The molecule has 0 aliphatic rings. The van der Waals surface area contributed by atoms with Crippen molar-refractivity contribution < 1.29 is 14.3 Å². The average Bonchev–Trinajstić information content (AvgIpc) is 3.21. The largest absolute Gasteiger partial charge is 0.493 e. The third-order valence-corrected chi connectivity index (χ3v) is 5.24. The highest BCUT2D eigenvalue weighted by molar-refractivity contribution is 7.16. The van der Waals surface area contributed by atoms with Gasteiger partial charge in [-0.25, -0.2) is 0 Å². The molecule has 0 bridgehead atoms. The van der Waals surface area contributed by atoms with Gasteiger partial charge in [0.1, 0.15) is 5.69 Å². The number of fused-ring (bicyclic) bond motifs is 1. The molecule has 1 aromatic carbocycles. The quantitative estimate of drug-likeness (QED) is 0.619. The predicted molar refractivity (Wildman–Crippen MR) is 109 cm³/mol. The summed E-state index contributed by atoms with van der Waals surface area (Å²) in [5.74, 6) is 3.46. The van der Waals surface area contributed by atoms with Crippen LogP contribution >= 0.6 is 11.3 Å². The lowest BCUT2D eigenvalue weighted by atomic mass is 10.3. The molecular weight excluding hydrogens is 376 g/mol. The van der Waals surface area contributed by atoms with Gasteiger partial charge in [-0.05, 0) is 26.8 Å². The van der Waals surface area contributed by atoms with Crippen LogP contribution in [-0.2, 0) is 6.54 Å². The van der Waals surface area contributed by atoms with Crippen LogP contribution < -0.4 is 14.3 Å². The van der Waals surface area contributed by atoms with Gasteiger partial charge in [0.2, 0.25) is 0 Å². The summed E-state index contributed by atoms with van der Waals surface area (Å²) in [7, 11) is 3.16. The average molecular weight is 398 g/mol. The van der Waals surface area contributed by atoms with Gasteiger partial charge in [-0.3, -0.25) is 9.48 Å². The van der Waals surface area contributed by atoms with Gasteiger partial charge >= 0.3 is 0 Å². The van der Waals surface area contributed by atoms with Crippen LogP contribution in [0.4, 0.5) is 0 Å². The highest BCUT2D eigenvalue weighted by Gasteiger charge is 2.17. The van der Waals surface area contributed by atoms with E-state index in [9.17, 15) is 4.79 Å². The lowest BCUT2D eigenvalue weighted by Crippen LogP contribution is -2.18. The molecule has 8 heteroatoms. The number of rotatable bonds is 5. The number of carbonyl (C=O) groups excluding carboxylic acids is 1. The van der Waals surface area contributed by atoms with Crippen molar-refractivity contribution in [1.29, 1.82) is 0 Å². The van der Waals surface area contributed by atoms with E-state index in [1.54, 1.807) is 25.0 Å². The van der Waals surface area contributed by atoms with E-state index in [0.717, 1.165) is 15.9 Å². The number of terminal acetylenes is 1. The van der Waals surface area contributed by atoms with E-state index in [4.69, 9.17) is 15.9 Å². The van der Waals surface area contributed by atoms with E-state index in [1.807, 2.05) is 37.5 Å². The van der Waals surface area contributed by atoms with Crippen molar-refractivity contribution in [3.8, 4) is 23.8 Å². The molecule has 1 amide bonds. The Morgan fingerprint density at radius 3 is 2.57 bits per heavy atom. The third-order valence-electron chi connectivity index (χ3n) is 4.20. The van der Waals surface area contributed by atoms with Gasteiger partial charge in [-0.1, -0.05) is 17.3 Å². The highest BCUT2D eigenvalue weighted by atomic mass is 32.1. The van der Waals surface area contributed by atoms with Gasteiger partial charge in [-0.15, -0.1) is 6.42 Å². The number of ether oxygens (including phenoxy) is 2. The first-order chi connectivity index (χ1) is 13.4. The van der Waals surface area contributed by atoms with Gasteiger partial charge in [0.05, 0.1) is 36.7 Å². The van der Waals surface area contributed by atoms with Crippen LogP contribution in [0.5, 0.6) is 11.5 Å². The first-order valence-electron chi connectivity index (χ1n) is 8.73. The standard InChI is InChI=1S/C20H22N4O3S/c1-7-8-23-14-10-16(26-5)17(27-6)11-18(14)28-20(23)21-19(25)15-9-13(4)22-24(15)12(2)3/h1,9-12H,8H2,2-6H3. The molecular formula is C20H22N4O3S. The normalized spacial score (nSPS) is 11.8. The van der Waals surface area contributed by atoms with Gasteiger partial charge in [0.15, 0.2) is 16.3 Å². The number of nitrogens with zero attached hydrogens (tertiary/aromatic N) is 4. The summed E-state index contributed by atoms with van der Waals surface area (Å²) in [5.41, 5.74) is 2.06. The number of hydrogen-bond donors (Lipinski definition) is 0. The molecule has 7 nitrogen and oxygen atoms in total. The molecule has 146 valence electrons. The topological polar surface area (TPSA) is 70.6 Å². The van der Waals surface area contributed by atoms with Crippen molar-refractivity contribution >= 4 is 27.5 Å². The smallest absolute Gasteiger partial charge is 0.297 e. The Bertz CT molecular complexity index is 1140. The number of carbonyl (C=O) groups is 1. The van der Waals surface area contributed by atoms with Crippen LogP contribution in [0.2, 0.25) is 0 Å². The molecule has 3 rings (SSSR count). The third kappa shape index (κ3) is 3.53. The zero-order valence-electron chi connectivity index (χ0n) is 16.5.